The number of benzene rings is 2. The number of hydrogen-bond donors (Lipinski definition) is 0. The van der Waals surface area contributed by atoms with Crippen LogP contribution in [-0.4, -0.2) is 41.7 Å². The van der Waals surface area contributed by atoms with Gasteiger partial charge in [0.05, 0.1) is 0 Å². The van der Waals surface area contributed by atoms with E-state index in [0.29, 0.717) is 38.3 Å². The molecule has 1 fully saturated rings. The highest BCUT2D eigenvalue weighted by molar-refractivity contribution is 5.83. The van der Waals surface area contributed by atoms with Crippen LogP contribution in [0.15, 0.2) is 42.5 Å². The van der Waals surface area contributed by atoms with Crippen molar-refractivity contribution in [3.8, 4) is 11.5 Å². The van der Waals surface area contributed by atoms with Crippen molar-refractivity contribution in [2.75, 3.05) is 19.9 Å². The molecule has 0 saturated carbocycles. The van der Waals surface area contributed by atoms with Gasteiger partial charge < -0.3 is 9.47 Å². The van der Waals surface area contributed by atoms with Crippen LogP contribution in [0.1, 0.15) is 36.0 Å². The third-order valence-corrected chi connectivity index (χ3v) is 6.27. The van der Waals surface area contributed by atoms with E-state index in [1.807, 2.05) is 18.2 Å². The maximum atomic E-state index is 13.0. The second kappa shape index (κ2) is 8.01. The second-order valence-electron chi connectivity index (χ2n) is 8.32. The molecular weight excluding hydrogens is 380 g/mol. The minimum atomic E-state index is 0.00762. The lowest BCUT2D eigenvalue weighted by atomic mass is 10.0. The molecule has 2 aromatic rings. The molecule has 0 bridgehead atoms. The third-order valence-electron chi connectivity index (χ3n) is 6.27. The van der Waals surface area contributed by atoms with Gasteiger partial charge in [0.1, 0.15) is 0 Å². The Balaban J connectivity index is 1.16. The number of amides is 2. The largest absolute Gasteiger partial charge is 0.454 e. The number of rotatable bonds is 5. The summed E-state index contributed by atoms with van der Waals surface area (Å²) in [6.07, 6.45) is 4.23. The predicted octanol–water partition coefficient (Wildman–Crippen LogP) is 3.13. The summed E-state index contributed by atoms with van der Waals surface area (Å²) in [4.78, 5) is 25.8. The molecule has 0 spiro atoms. The summed E-state index contributed by atoms with van der Waals surface area (Å²) in [5.74, 6) is 1.89. The first-order valence-corrected chi connectivity index (χ1v) is 10.7. The van der Waals surface area contributed by atoms with Crippen molar-refractivity contribution in [1.82, 2.24) is 10.0 Å². The zero-order chi connectivity index (χ0) is 20.5. The first kappa shape index (κ1) is 19.0. The maximum absolute atomic E-state index is 13.0. The van der Waals surface area contributed by atoms with Gasteiger partial charge in [0.15, 0.2) is 11.5 Å². The van der Waals surface area contributed by atoms with Crippen LogP contribution in [0.3, 0.4) is 0 Å². The maximum Gasteiger partial charge on any atom is 0.241 e. The molecule has 5 rings (SSSR count). The lowest BCUT2D eigenvalue weighted by molar-refractivity contribution is -0.158. The summed E-state index contributed by atoms with van der Waals surface area (Å²) in [5.41, 5.74) is 3.75. The van der Waals surface area contributed by atoms with Crippen molar-refractivity contribution in [2.24, 2.45) is 5.92 Å². The van der Waals surface area contributed by atoms with Gasteiger partial charge >= 0.3 is 0 Å². The molecule has 6 heteroatoms. The molecule has 156 valence electrons. The Bertz CT molecular complexity index is 948. The van der Waals surface area contributed by atoms with Crippen molar-refractivity contribution in [1.29, 1.82) is 0 Å². The van der Waals surface area contributed by atoms with Crippen LogP contribution in [0.5, 0.6) is 11.5 Å². The molecule has 1 aliphatic carbocycles. The van der Waals surface area contributed by atoms with E-state index in [1.54, 1.807) is 10.0 Å². The highest BCUT2D eigenvalue weighted by atomic mass is 16.7. The summed E-state index contributed by atoms with van der Waals surface area (Å²) >= 11 is 0. The van der Waals surface area contributed by atoms with Crippen molar-refractivity contribution >= 4 is 11.8 Å². The lowest BCUT2D eigenvalue weighted by Gasteiger charge is -2.29. The van der Waals surface area contributed by atoms with E-state index in [4.69, 9.17) is 9.47 Å². The fourth-order valence-electron chi connectivity index (χ4n) is 4.75. The molecule has 2 heterocycles. The van der Waals surface area contributed by atoms with Gasteiger partial charge in [-0.3, -0.25) is 19.6 Å². The first-order chi connectivity index (χ1) is 14.7. The Labute approximate surface area is 176 Å². The van der Waals surface area contributed by atoms with Gasteiger partial charge in [0.25, 0.3) is 0 Å². The van der Waals surface area contributed by atoms with E-state index in [-0.39, 0.29) is 18.6 Å². The summed E-state index contributed by atoms with van der Waals surface area (Å²) < 4.78 is 10.7. The van der Waals surface area contributed by atoms with Crippen LogP contribution >= 0.6 is 0 Å². The summed E-state index contributed by atoms with van der Waals surface area (Å²) in [7, 11) is 0. The number of hydrazine groups is 1. The molecular formula is C24H26N2O4. The van der Waals surface area contributed by atoms with Crippen molar-refractivity contribution in [2.45, 2.75) is 38.5 Å². The number of aryl methyl sites for hydroxylation is 1. The molecule has 2 aromatic carbocycles. The van der Waals surface area contributed by atoms with Crippen molar-refractivity contribution < 1.29 is 19.1 Å². The van der Waals surface area contributed by atoms with Crippen LogP contribution in [0.25, 0.3) is 0 Å². The highest BCUT2D eigenvalue weighted by Gasteiger charge is 2.33. The van der Waals surface area contributed by atoms with Gasteiger partial charge in [-0.15, -0.1) is 0 Å². The molecule has 0 radical (unpaired) electrons. The van der Waals surface area contributed by atoms with Gasteiger partial charge in [-0.25, -0.2) is 0 Å². The quantitative estimate of drug-likeness (QED) is 0.766. The van der Waals surface area contributed by atoms with Crippen LogP contribution in [-0.2, 0) is 28.9 Å². The summed E-state index contributed by atoms with van der Waals surface area (Å²) in [5, 5.41) is 3.35. The molecule has 0 unspecified atom stereocenters. The molecule has 0 N–H and O–H groups in total. The van der Waals surface area contributed by atoms with Gasteiger partial charge in [-0.1, -0.05) is 30.3 Å². The minimum Gasteiger partial charge on any atom is -0.454 e. The van der Waals surface area contributed by atoms with E-state index in [1.165, 1.54) is 11.1 Å². The number of ether oxygens (including phenoxy) is 2. The zero-order valence-electron chi connectivity index (χ0n) is 17.0. The van der Waals surface area contributed by atoms with Gasteiger partial charge in [-0.2, -0.15) is 0 Å². The van der Waals surface area contributed by atoms with E-state index in [9.17, 15) is 9.59 Å². The van der Waals surface area contributed by atoms with Crippen LogP contribution in [0, 0.1) is 5.92 Å². The van der Waals surface area contributed by atoms with Crippen molar-refractivity contribution in [3.63, 3.8) is 0 Å². The molecule has 2 aliphatic heterocycles. The van der Waals surface area contributed by atoms with Gasteiger partial charge in [0.2, 0.25) is 18.6 Å². The van der Waals surface area contributed by atoms with Gasteiger partial charge in [-0.05, 0) is 60.4 Å². The average molecular weight is 406 g/mol. The Morgan fingerprint density at radius 3 is 2.37 bits per heavy atom. The van der Waals surface area contributed by atoms with Crippen LogP contribution in [0.4, 0.5) is 0 Å². The first-order valence-electron chi connectivity index (χ1n) is 10.7. The molecule has 1 saturated heterocycles. The van der Waals surface area contributed by atoms with E-state index < -0.39 is 0 Å². The summed E-state index contributed by atoms with van der Waals surface area (Å²) in [6.45, 7) is 1.50. The number of hydrogen-bond acceptors (Lipinski definition) is 4. The zero-order valence-corrected chi connectivity index (χ0v) is 17.0. The average Bonchev–Trinajstić information content (AvgIpc) is 3.49. The van der Waals surface area contributed by atoms with E-state index >= 15 is 0 Å². The number of nitrogens with zero attached hydrogens (tertiary/aromatic N) is 2. The van der Waals surface area contributed by atoms with Crippen LogP contribution < -0.4 is 9.47 Å². The Kier molecular flexibility index (Phi) is 5.07. The second-order valence-corrected chi connectivity index (χ2v) is 8.32. The Morgan fingerprint density at radius 1 is 0.900 bits per heavy atom. The SMILES string of the molecule is O=C(CCc1ccc2c(c1)OCO2)N1CCCN1C(=O)CC1Cc2ccccc2C1. The fourth-order valence-corrected chi connectivity index (χ4v) is 4.75. The molecule has 30 heavy (non-hydrogen) atoms. The van der Waals surface area contributed by atoms with Crippen LogP contribution in [0.2, 0.25) is 0 Å². The Morgan fingerprint density at radius 2 is 1.60 bits per heavy atom. The molecule has 0 atom stereocenters. The molecule has 0 aromatic heterocycles. The normalized spacial score (nSPS) is 17.5. The number of fused-ring (bicyclic) bond motifs is 2. The topological polar surface area (TPSA) is 59.1 Å². The highest BCUT2D eigenvalue weighted by Crippen LogP contribution is 2.33. The standard InChI is InChI=1S/C24H26N2O4/c27-23(9-7-17-6-8-21-22(14-17)30-16-29-21)25-10-3-11-26(25)24(28)15-18-12-19-4-1-2-5-20(19)13-18/h1-2,4-6,8,14,18H,3,7,9-13,15-16H2. The Hall–Kier alpha value is -3.02. The molecule has 3 aliphatic rings. The van der Waals surface area contributed by atoms with Gasteiger partial charge in [0, 0.05) is 25.9 Å². The smallest absolute Gasteiger partial charge is 0.241 e. The van der Waals surface area contributed by atoms with Crippen molar-refractivity contribution in [3.05, 3.63) is 59.2 Å². The third kappa shape index (κ3) is 3.74. The predicted molar refractivity (Wildman–Crippen MR) is 111 cm³/mol. The number of carbonyl (C=O) groups is 2. The monoisotopic (exact) mass is 406 g/mol. The molecule has 2 amide bonds. The van der Waals surface area contributed by atoms with E-state index in [0.717, 1.165) is 36.3 Å². The lowest BCUT2D eigenvalue weighted by Crippen LogP contribution is -2.45. The minimum absolute atomic E-state index is 0.00762. The molecule has 6 nitrogen and oxygen atoms in total. The summed E-state index contributed by atoms with van der Waals surface area (Å²) in [6, 6.07) is 14.2. The van der Waals surface area contributed by atoms with E-state index in [2.05, 4.69) is 24.3 Å². The number of carbonyl (C=O) groups excluding carboxylic acids is 2. The fraction of sp³-hybridized carbons (Fsp3) is 0.417.